The lowest BCUT2D eigenvalue weighted by Gasteiger charge is -2.20. The molecule has 0 aliphatic carbocycles. The van der Waals surface area contributed by atoms with E-state index < -0.39 is 0 Å². The van der Waals surface area contributed by atoms with E-state index in [1.54, 1.807) is 34.9 Å². The smallest absolute Gasteiger partial charge is 0.229 e. The van der Waals surface area contributed by atoms with Crippen LogP contribution in [0, 0.1) is 0 Å². The molecule has 0 radical (unpaired) electrons. The van der Waals surface area contributed by atoms with E-state index in [4.69, 9.17) is 16.6 Å². The number of thiazole rings is 1. The molecule has 7 heteroatoms. The normalized spacial score (nSPS) is 11.0. The summed E-state index contributed by atoms with van der Waals surface area (Å²) >= 11 is 10.9. The molecule has 4 rings (SSSR count). The maximum atomic E-state index is 13.2. The van der Waals surface area contributed by atoms with Crippen molar-refractivity contribution in [1.29, 1.82) is 0 Å². The Balaban J connectivity index is 1.53. The van der Waals surface area contributed by atoms with Crippen LogP contribution in [0.1, 0.15) is 12.0 Å². The zero-order valence-corrected chi connectivity index (χ0v) is 20.2. The molecule has 0 spiro atoms. The topological polar surface area (TPSA) is 33.2 Å². The first-order chi connectivity index (χ1) is 15.1. The molecule has 0 aliphatic heterocycles. The van der Waals surface area contributed by atoms with Gasteiger partial charge in [0.15, 0.2) is 5.13 Å². The fraction of sp³-hybridized carbons (Fsp3) is 0.167. The third-order valence-electron chi connectivity index (χ3n) is 4.70. The molecule has 0 bridgehead atoms. The summed E-state index contributed by atoms with van der Waals surface area (Å²) in [6.45, 7) is 0.514. The van der Waals surface area contributed by atoms with E-state index in [9.17, 15) is 4.79 Å². The summed E-state index contributed by atoms with van der Waals surface area (Å²) in [4.78, 5) is 22.1. The van der Waals surface area contributed by atoms with E-state index in [1.165, 1.54) is 4.90 Å². The summed E-state index contributed by atoms with van der Waals surface area (Å²) in [6.07, 6.45) is 2.50. The molecule has 0 atom stereocenters. The van der Waals surface area contributed by atoms with Gasteiger partial charge in [0.2, 0.25) is 5.91 Å². The lowest BCUT2D eigenvalue weighted by molar-refractivity contribution is -0.118. The highest BCUT2D eigenvalue weighted by Gasteiger charge is 2.20. The van der Waals surface area contributed by atoms with Crippen molar-refractivity contribution in [1.82, 2.24) is 4.98 Å². The van der Waals surface area contributed by atoms with Gasteiger partial charge in [0, 0.05) is 27.0 Å². The van der Waals surface area contributed by atoms with Crippen LogP contribution < -0.4 is 4.90 Å². The molecule has 31 heavy (non-hydrogen) atoms. The number of rotatable bonds is 8. The van der Waals surface area contributed by atoms with Gasteiger partial charge in [-0.1, -0.05) is 53.3 Å². The molecule has 0 N–H and O–H groups in total. The first-order valence-corrected chi connectivity index (χ1v) is 13.2. The lowest BCUT2D eigenvalue weighted by atomic mass is 10.2. The Morgan fingerprint density at radius 1 is 1.03 bits per heavy atom. The average molecular weight is 485 g/mol. The van der Waals surface area contributed by atoms with Crippen LogP contribution in [0.3, 0.4) is 0 Å². The summed E-state index contributed by atoms with van der Waals surface area (Å²) in [5.74, 6) is 0.780. The lowest BCUT2D eigenvalue weighted by Crippen LogP contribution is -2.30. The highest BCUT2D eigenvalue weighted by atomic mass is 35.5. The number of anilines is 1. The molecule has 3 aromatic carbocycles. The zero-order chi connectivity index (χ0) is 21.6. The second-order valence-electron chi connectivity index (χ2n) is 6.85. The minimum Gasteiger partial charge on any atom is -0.284 e. The molecule has 0 aliphatic rings. The van der Waals surface area contributed by atoms with Gasteiger partial charge >= 0.3 is 0 Å². The van der Waals surface area contributed by atoms with Crippen LogP contribution in [0.5, 0.6) is 0 Å². The van der Waals surface area contributed by atoms with Crippen LogP contribution in [-0.4, -0.2) is 22.9 Å². The largest absolute Gasteiger partial charge is 0.284 e. The standard InChI is InChI=1S/C24H21ClN2OS3/c1-29-20-11-12-21-22(15-20)31-24(26-21)27(16-17-5-3-2-4-6-17)23(28)13-14-30-19-9-7-18(25)8-10-19/h2-12,15H,13-14,16H2,1H3. The zero-order valence-electron chi connectivity index (χ0n) is 17.0. The fourth-order valence-corrected chi connectivity index (χ4v) is 5.59. The first-order valence-electron chi connectivity index (χ1n) is 9.79. The second kappa shape index (κ2) is 10.6. The van der Waals surface area contributed by atoms with E-state index in [0.29, 0.717) is 18.7 Å². The van der Waals surface area contributed by atoms with Gasteiger partial charge in [0.05, 0.1) is 16.8 Å². The van der Waals surface area contributed by atoms with E-state index in [2.05, 4.69) is 18.4 Å². The number of amides is 1. The molecule has 1 heterocycles. The van der Waals surface area contributed by atoms with Crippen LogP contribution >= 0.6 is 46.5 Å². The number of benzene rings is 3. The van der Waals surface area contributed by atoms with Crippen molar-refractivity contribution in [2.24, 2.45) is 0 Å². The van der Waals surface area contributed by atoms with Gasteiger partial charge in [0.25, 0.3) is 0 Å². The summed E-state index contributed by atoms with van der Waals surface area (Å²) in [7, 11) is 0. The predicted octanol–water partition coefficient (Wildman–Crippen LogP) is 7.39. The van der Waals surface area contributed by atoms with Crippen molar-refractivity contribution in [3.63, 3.8) is 0 Å². The quantitative estimate of drug-likeness (QED) is 0.244. The average Bonchev–Trinajstić information content (AvgIpc) is 3.22. The van der Waals surface area contributed by atoms with E-state index in [1.807, 2.05) is 65.6 Å². The molecule has 4 aromatic rings. The van der Waals surface area contributed by atoms with Crippen LogP contribution in [0.15, 0.2) is 82.6 Å². The number of hydrogen-bond donors (Lipinski definition) is 0. The van der Waals surface area contributed by atoms with Crippen molar-refractivity contribution < 1.29 is 4.79 Å². The molecular formula is C24H21ClN2OS3. The van der Waals surface area contributed by atoms with Gasteiger partial charge in [-0.3, -0.25) is 9.69 Å². The highest BCUT2D eigenvalue weighted by molar-refractivity contribution is 7.99. The van der Waals surface area contributed by atoms with Gasteiger partial charge in [-0.05, 0) is 54.3 Å². The SMILES string of the molecule is CSc1ccc2nc(N(Cc3ccccc3)C(=O)CCSc3ccc(Cl)cc3)sc2c1. The third-order valence-corrected chi connectivity index (χ3v) is 7.73. The molecule has 158 valence electrons. The number of nitrogens with zero attached hydrogens (tertiary/aromatic N) is 2. The van der Waals surface area contributed by atoms with Gasteiger partial charge in [0.1, 0.15) is 0 Å². The van der Waals surface area contributed by atoms with Crippen LogP contribution in [0.25, 0.3) is 10.2 Å². The summed E-state index contributed by atoms with van der Waals surface area (Å²) in [5.41, 5.74) is 2.02. The summed E-state index contributed by atoms with van der Waals surface area (Å²) < 4.78 is 1.10. The van der Waals surface area contributed by atoms with Gasteiger partial charge in [-0.15, -0.1) is 23.5 Å². The van der Waals surface area contributed by atoms with E-state index in [-0.39, 0.29) is 5.91 Å². The van der Waals surface area contributed by atoms with Crippen molar-refractivity contribution in [3.05, 3.63) is 83.4 Å². The second-order valence-corrected chi connectivity index (χ2v) is 10.3. The maximum Gasteiger partial charge on any atom is 0.229 e. The van der Waals surface area contributed by atoms with Crippen molar-refractivity contribution in [2.45, 2.75) is 22.8 Å². The minimum atomic E-state index is 0.0782. The van der Waals surface area contributed by atoms with E-state index >= 15 is 0 Å². The Hall–Kier alpha value is -1.99. The molecule has 0 unspecified atom stereocenters. The van der Waals surface area contributed by atoms with Gasteiger partial charge < -0.3 is 0 Å². The Kier molecular flexibility index (Phi) is 7.56. The van der Waals surface area contributed by atoms with E-state index in [0.717, 1.165) is 30.8 Å². The third kappa shape index (κ3) is 5.83. The molecular weight excluding hydrogens is 464 g/mol. The van der Waals surface area contributed by atoms with Crippen LogP contribution in [-0.2, 0) is 11.3 Å². The monoisotopic (exact) mass is 484 g/mol. The molecule has 0 saturated carbocycles. The predicted molar refractivity (Wildman–Crippen MR) is 136 cm³/mol. The molecule has 1 aromatic heterocycles. The molecule has 0 fully saturated rings. The number of carbonyl (C=O) groups excluding carboxylic acids is 1. The van der Waals surface area contributed by atoms with Gasteiger partial charge in [-0.25, -0.2) is 4.98 Å². The molecule has 1 amide bonds. The van der Waals surface area contributed by atoms with Crippen molar-refractivity contribution >= 4 is 67.7 Å². The number of thioether (sulfide) groups is 2. The number of fused-ring (bicyclic) bond motifs is 1. The number of carbonyl (C=O) groups is 1. The Morgan fingerprint density at radius 3 is 2.52 bits per heavy atom. The fourth-order valence-electron chi connectivity index (χ4n) is 3.09. The van der Waals surface area contributed by atoms with Crippen molar-refractivity contribution in [3.8, 4) is 0 Å². The Morgan fingerprint density at radius 2 is 1.77 bits per heavy atom. The Labute approximate surface area is 199 Å². The Bertz CT molecular complexity index is 1160. The summed E-state index contributed by atoms with van der Waals surface area (Å²) in [6, 6.07) is 24.0. The van der Waals surface area contributed by atoms with Crippen LogP contribution in [0.2, 0.25) is 5.02 Å². The summed E-state index contributed by atoms with van der Waals surface area (Å²) in [5, 5.41) is 1.47. The van der Waals surface area contributed by atoms with Gasteiger partial charge in [-0.2, -0.15) is 0 Å². The maximum absolute atomic E-state index is 13.2. The first kappa shape index (κ1) is 22.2. The van der Waals surface area contributed by atoms with Crippen LogP contribution in [0.4, 0.5) is 5.13 Å². The minimum absolute atomic E-state index is 0.0782. The highest BCUT2D eigenvalue weighted by Crippen LogP contribution is 2.33. The number of aromatic nitrogens is 1. The van der Waals surface area contributed by atoms with Crippen molar-refractivity contribution in [2.75, 3.05) is 16.9 Å². The molecule has 3 nitrogen and oxygen atoms in total. The number of hydrogen-bond acceptors (Lipinski definition) is 5. The molecule has 0 saturated heterocycles. The number of halogens is 1.